The molecule has 8 rings (SSSR count). The summed E-state index contributed by atoms with van der Waals surface area (Å²) in [6, 6.07) is 10.1. The van der Waals surface area contributed by atoms with Crippen molar-refractivity contribution in [3.8, 4) is 17.3 Å². The van der Waals surface area contributed by atoms with Crippen molar-refractivity contribution < 1.29 is 19.1 Å². The Labute approximate surface area is 262 Å². The molecule has 0 spiro atoms. The molecule has 3 fully saturated rings. The summed E-state index contributed by atoms with van der Waals surface area (Å²) in [5, 5.41) is 4.10. The first kappa shape index (κ1) is 28.5. The zero-order chi connectivity index (χ0) is 31.0. The Morgan fingerprint density at radius 2 is 1.96 bits per heavy atom. The van der Waals surface area contributed by atoms with E-state index in [4.69, 9.17) is 25.2 Å². The molecule has 4 bridgehead atoms. The number of hydrogen-bond acceptors (Lipinski definition) is 7. The van der Waals surface area contributed by atoms with Gasteiger partial charge in [-0.2, -0.15) is 0 Å². The number of amides is 2. The molecule has 2 amide bonds. The number of methoxy groups -OCH3 is 1. The van der Waals surface area contributed by atoms with Crippen molar-refractivity contribution >= 4 is 28.5 Å². The quantitative estimate of drug-likeness (QED) is 0.358. The van der Waals surface area contributed by atoms with E-state index in [9.17, 15) is 9.59 Å². The van der Waals surface area contributed by atoms with Crippen LogP contribution in [0.5, 0.6) is 5.88 Å². The summed E-state index contributed by atoms with van der Waals surface area (Å²) < 4.78 is 16.1. The molecule has 6 atom stereocenters. The Bertz CT molecular complexity index is 1830. The zero-order valence-corrected chi connectivity index (χ0v) is 26.2. The molecule has 3 N–H and O–H groups in total. The third-order valence-electron chi connectivity index (χ3n) is 10.8. The number of pyridine rings is 2. The predicted molar refractivity (Wildman–Crippen MR) is 169 cm³/mol. The SMILES string of the molecule is COc1cc(C(=O)N2[C@H]3CC[C@@H]2[C@H](N)C3)cc2nc(-c3cc4ccc5nc4n3C[C@@H]3CC[C@@H]3COCCC(=O)N[C@@H]5C)c(C)n12. The number of fused-ring (bicyclic) bond motifs is 5. The maximum Gasteiger partial charge on any atom is 0.254 e. The lowest BCUT2D eigenvalue weighted by atomic mass is 9.74. The van der Waals surface area contributed by atoms with E-state index in [1.165, 1.54) is 0 Å². The molecule has 0 unspecified atom stereocenters. The van der Waals surface area contributed by atoms with Gasteiger partial charge in [0.05, 0.1) is 36.8 Å². The number of nitrogens with one attached hydrogen (secondary N) is 1. The van der Waals surface area contributed by atoms with Crippen molar-refractivity contribution in [2.75, 3.05) is 20.3 Å². The lowest BCUT2D eigenvalue weighted by molar-refractivity contribution is -0.123. The van der Waals surface area contributed by atoms with Gasteiger partial charge in [-0.3, -0.25) is 14.0 Å². The molecule has 7 heterocycles. The van der Waals surface area contributed by atoms with Crippen molar-refractivity contribution in [1.29, 1.82) is 0 Å². The van der Waals surface area contributed by atoms with Crippen LogP contribution in [0.1, 0.15) is 73.2 Å². The van der Waals surface area contributed by atoms with Crippen LogP contribution in [-0.2, 0) is 16.1 Å². The highest BCUT2D eigenvalue weighted by atomic mass is 16.5. The minimum Gasteiger partial charge on any atom is -0.482 e. The zero-order valence-electron chi connectivity index (χ0n) is 26.2. The van der Waals surface area contributed by atoms with Crippen molar-refractivity contribution in [3.63, 3.8) is 0 Å². The van der Waals surface area contributed by atoms with E-state index in [0.717, 1.165) is 72.5 Å². The van der Waals surface area contributed by atoms with Gasteiger partial charge in [0.2, 0.25) is 5.91 Å². The molecule has 4 aromatic heterocycles. The molecular weight excluding hydrogens is 570 g/mol. The summed E-state index contributed by atoms with van der Waals surface area (Å²) in [7, 11) is 1.63. The second-order valence-corrected chi connectivity index (χ2v) is 13.4. The fourth-order valence-electron chi connectivity index (χ4n) is 8.18. The summed E-state index contributed by atoms with van der Waals surface area (Å²) in [6.45, 7) is 5.89. The number of carbonyl (C=O) groups excluding carboxylic acids is 2. The van der Waals surface area contributed by atoms with Gasteiger partial charge in [0.1, 0.15) is 17.0 Å². The highest BCUT2D eigenvalue weighted by Crippen LogP contribution is 2.41. The van der Waals surface area contributed by atoms with Crippen molar-refractivity contribution in [1.82, 2.24) is 29.2 Å². The van der Waals surface area contributed by atoms with Gasteiger partial charge in [0.25, 0.3) is 5.91 Å². The standard InChI is InChI=1S/C34H41N7O4/c1-18-26-8-6-20-12-28(39(33(20)37-26)16-21-4-5-22(21)17-45-11-10-30(42)36-18)32-19(2)40-29(38-32)13-23(14-31(40)44-3)34(43)41-24-7-9-27(41)25(35)15-24/h6,8,12-14,18,21-22,24-25,27H,4-5,7,9-11,15-17,35H2,1-3H3,(H,36,42)/t18-,21+,22-,24+,25-,27-/m1/s1. The van der Waals surface area contributed by atoms with Crippen LogP contribution < -0.4 is 15.8 Å². The molecule has 11 nitrogen and oxygen atoms in total. The van der Waals surface area contributed by atoms with Gasteiger partial charge >= 0.3 is 0 Å². The van der Waals surface area contributed by atoms with E-state index in [1.807, 2.05) is 41.3 Å². The Hall–Kier alpha value is -3.96. The third-order valence-corrected chi connectivity index (χ3v) is 10.8. The van der Waals surface area contributed by atoms with Crippen LogP contribution in [0.4, 0.5) is 0 Å². The van der Waals surface area contributed by atoms with E-state index in [0.29, 0.717) is 48.6 Å². The minimum absolute atomic E-state index is 0.00286. The lowest BCUT2D eigenvalue weighted by Crippen LogP contribution is -2.40. The van der Waals surface area contributed by atoms with Crippen LogP contribution in [0.15, 0.2) is 30.3 Å². The monoisotopic (exact) mass is 611 g/mol. The topological polar surface area (TPSA) is 129 Å². The molecule has 11 heteroatoms. The maximum absolute atomic E-state index is 13.8. The van der Waals surface area contributed by atoms with E-state index in [2.05, 4.69) is 22.0 Å². The number of hydrogen-bond donors (Lipinski definition) is 2. The van der Waals surface area contributed by atoms with E-state index in [1.54, 1.807) is 7.11 Å². The first-order chi connectivity index (χ1) is 21.8. The predicted octanol–water partition coefficient (Wildman–Crippen LogP) is 4.00. The van der Waals surface area contributed by atoms with Crippen molar-refractivity contribution in [2.45, 2.75) is 83.1 Å². The second-order valence-electron chi connectivity index (χ2n) is 13.4. The van der Waals surface area contributed by atoms with Gasteiger partial charge in [0.15, 0.2) is 5.88 Å². The molecule has 3 aliphatic heterocycles. The molecule has 0 aromatic carbocycles. The molecular formula is C34H41N7O4. The van der Waals surface area contributed by atoms with Crippen LogP contribution in [0.3, 0.4) is 0 Å². The van der Waals surface area contributed by atoms with Crippen molar-refractivity contribution in [3.05, 3.63) is 47.3 Å². The Morgan fingerprint density at radius 1 is 1.11 bits per heavy atom. The lowest BCUT2D eigenvalue weighted by Gasteiger charge is -2.37. The Morgan fingerprint density at radius 3 is 2.69 bits per heavy atom. The number of rotatable bonds is 3. The smallest absolute Gasteiger partial charge is 0.254 e. The minimum atomic E-state index is -0.231. The van der Waals surface area contributed by atoms with Gasteiger partial charge in [-0.05, 0) is 82.1 Å². The Kier molecular flexibility index (Phi) is 6.87. The first-order valence-corrected chi connectivity index (χ1v) is 16.3. The number of nitrogens with two attached hydrogens (primary N) is 1. The normalized spacial score (nSPS) is 28.3. The number of ether oxygens (including phenoxy) is 2. The molecule has 0 radical (unpaired) electrons. The molecule has 2 saturated heterocycles. The van der Waals surface area contributed by atoms with E-state index >= 15 is 0 Å². The number of aryl methyl sites for hydroxylation is 1. The number of carbonyl (C=O) groups is 2. The average Bonchev–Trinajstić information content (AvgIpc) is 3.77. The highest BCUT2D eigenvalue weighted by Gasteiger charge is 2.47. The van der Waals surface area contributed by atoms with Gasteiger partial charge in [0, 0.05) is 54.7 Å². The summed E-state index contributed by atoms with van der Waals surface area (Å²) >= 11 is 0. The number of aromatic nitrogens is 4. The highest BCUT2D eigenvalue weighted by molar-refractivity contribution is 5.97. The molecule has 4 aromatic rings. The van der Waals surface area contributed by atoms with Crippen molar-refractivity contribution in [2.24, 2.45) is 17.6 Å². The maximum atomic E-state index is 13.8. The van der Waals surface area contributed by atoms with Crippen LogP contribution in [0.25, 0.3) is 28.1 Å². The van der Waals surface area contributed by atoms with Crippen LogP contribution >= 0.6 is 0 Å². The fraction of sp³-hybridized carbons (Fsp3) is 0.529. The molecule has 4 aliphatic rings. The third kappa shape index (κ3) is 4.62. The number of imidazole rings is 1. The fourth-order valence-corrected chi connectivity index (χ4v) is 8.18. The van der Waals surface area contributed by atoms with Gasteiger partial charge in [-0.15, -0.1) is 0 Å². The second kappa shape index (κ2) is 10.8. The molecule has 45 heavy (non-hydrogen) atoms. The molecule has 236 valence electrons. The van der Waals surface area contributed by atoms with Gasteiger partial charge in [-0.1, -0.05) is 0 Å². The Balaban J connectivity index is 1.24. The van der Waals surface area contributed by atoms with Gasteiger partial charge in [-0.25, -0.2) is 9.97 Å². The summed E-state index contributed by atoms with van der Waals surface area (Å²) in [5.74, 6) is 1.42. The van der Waals surface area contributed by atoms with Crippen LogP contribution in [0.2, 0.25) is 0 Å². The van der Waals surface area contributed by atoms with Crippen LogP contribution in [0, 0.1) is 18.8 Å². The average molecular weight is 612 g/mol. The largest absolute Gasteiger partial charge is 0.482 e. The molecule has 1 saturated carbocycles. The first-order valence-electron chi connectivity index (χ1n) is 16.3. The molecule has 1 aliphatic carbocycles. The summed E-state index contributed by atoms with van der Waals surface area (Å²) in [4.78, 5) is 38.7. The van der Waals surface area contributed by atoms with E-state index in [-0.39, 0.29) is 36.0 Å². The van der Waals surface area contributed by atoms with Gasteiger partial charge < -0.3 is 30.0 Å². The van der Waals surface area contributed by atoms with E-state index < -0.39 is 0 Å². The summed E-state index contributed by atoms with van der Waals surface area (Å²) in [6.07, 6.45) is 5.42. The number of nitrogens with zero attached hydrogens (tertiary/aromatic N) is 5. The van der Waals surface area contributed by atoms with Crippen LogP contribution in [-0.4, -0.2) is 74.1 Å². The summed E-state index contributed by atoms with van der Waals surface area (Å²) in [5.41, 5.74) is 12.0.